The molecule has 1 atom stereocenters. The van der Waals surface area contributed by atoms with Gasteiger partial charge < -0.3 is 9.64 Å². The lowest BCUT2D eigenvalue weighted by molar-refractivity contribution is -0.380. The van der Waals surface area contributed by atoms with Crippen LogP contribution >= 0.6 is 22.9 Å². The first-order valence-corrected chi connectivity index (χ1v) is 10.8. The summed E-state index contributed by atoms with van der Waals surface area (Å²) < 4.78 is 5.11. The molecule has 9 heteroatoms. The highest BCUT2D eigenvalue weighted by Gasteiger charge is 2.28. The molecule has 1 fully saturated rings. The van der Waals surface area contributed by atoms with Gasteiger partial charge in [0.1, 0.15) is 0 Å². The molecule has 2 heterocycles. The molecule has 1 amide bonds. The van der Waals surface area contributed by atoms with Crippen molar-refractivity contribution < 1.29 is 14.5 Å². The highest BCUT2D eigenvalue weighted by molar-refractivity contribution is 7.15. The van der Waals surface area contributed by atoms with E-state index < -0.39 is 0 Å². The van der Waals surface area contributed by atoms with Crippen molar-refractivity contribution in [2.24, 2.45) is 5.92 Å². The normalized spacial score (nSPS) is 16.4. The van der Waals surface area contributed by atoms with E-state index in [-0.39, 0.29) is 16.0 Å². The Morgan fingerprint density at radius 1 is 1.31 bits per heavy atom. The smallest absolute Gasteiger partial charge is 0.409 e. The minimum atomic E-state index is -0.355. The van der Waals surface area contributed by atoms with Crippen LogP contribution in [0.5, 0.6) is 0 Å². The Morgan fingerprint density at radius 3 is 2.72 bits per heavy atom. The summed E-state index contributed by atoms with van der Waals surface area (Å²) in [4.78, 5) is 27.6. The van der Waals surface area contributed by atoms with Gasteiger partial charge in [-0.15, -0.1) is 0 Å². The van der Waals surface area contributed by atoms with E-state index in [0.29, 0.717) is 43.7 Å². The lowest BCUT2D eigenvalue weighted by Crippen LogP contribution is -2.33. The van der Waals surface area contributed by atoms with Crippen molar-refractivity contribution in [2.75, 3.05) is 26.2 Å². The molecule has 1 aromatic carbocycles. The molecule has 0 N–H and O–H groups in total. The van der Waals surface area contributed by atoms with Crippen LogP contribution in [0.25, 0.3) is 0 Å². The van der Waals surface area contributed by atoms with Gasteiger partial charge in [0.2, 0.25) is 0 Å². The first-order chi connectivity index (χ1) is 13.9. The summed E-state index contributed by atoms with van der Waals surface area (Å²) in [6, 6.07) is 11.1. The number of ether oxygens (including phenoxy) is 1. The Morgan fingerprint density at radius 2 is 2.07 bits per heavy atom. The highest BCUT2D eigenvalue weighted by atomic mass is 35.5. The number of hydrogen-bond donors (Lipinski definition) is 0. The van der Waals surface area contributed by atoms with Crippen LogP contribution in [0.4, 0.5) is 9.80 Å². The van der Waals surface area contributed by atoms with Gasteiger partial charge in [-0.25, -0.2) is 4.79 Å². The first-order valence-electron chi connectivity index (χ1n) is 9.56. The molecule has 0 radical (unpaired) electrons. The van der Waals surface area contributed by atoms with Crippen LogP contribution in [0.2, 0.25) is 5.02 Å². The number of likely N-dealkylation sites (tertiary alicyclic amines) is 1. The van der Waals surface area contributed by atoms with Crippen molar-refractivity contribution in [3.63, 3.8) is 0 Å². The number of amides is 1. The van der Waals surface area contributed by atoms with Gasteiger partial charge in [-0.05, 0) is 43.0 Å². The second kappa shape index (κ2) is 10.0. The topological polar surface area (TPSA) is 75.9 Å². The molecule has 3 rings (SSSR count). The van der Waals surface area contributed by atoms with Gasteiger partial charge in [0.05, 0.1) is 11.5 Å². The van der Waals surface area contributed by atoms with Crippen LogP contribution in [0.1, 0.15) is 23.8 Å². The predicted octanol–water partition coefficient (Wildman–Crippen LogP) is 4.79. The van der Waals surface area contributed by atoms with E-state index in [1.807, 2.05) is 30.3 Å². The van der Waals surface area contributed by atoms with Crippen LogP contribution in [0.15, 0.2) is 36.4 Å². The minimum absolute atomic E-state index is 0.154. The fraction of sp³-hybridized carbons (Fsp3) is 0.450. The summed E-state index contributed by atoms with van der Waals surface area (Å²) in [5.41, 5.74) is 1.13. The second-order valence-electron chi connectivity index (χ2n) is 7.09. The summed E-state index contributed by atoms with van der Waals surface area (Å²) in [6.45, 7) is 5.67. The number of rotatable bonds is 8. The second-order valence-corrected chi connectivity index (χ2v) is 8.68. The van der Waals surface area contributed by atoms with E-state index >= 15 is 0 Å². The SMILES string of the molecule is CCOC(=O)N1CC[C@H](CN(Cc2ccc(Cl)cc2)Cc2ccc([N+](=O)[O-])s2)C1. The highest BCUT2D eigenvalue weighted by Crippen LogP contribution is 2.27. The van der Waals surface area contributed by atoms with E-state index in [2.05, 4.69) is 4.90 Å². The van der Waals surface area contributed by atoms with E-state index in [9.17, 15) is 14.9 Å². The number of halogens is 1. The fourth-order valence-electron chi connectivity index (χ4n) is 3.53. The zero-order chi connectivity index (χ0) is 20.8. The third-order valence-corrected chi connectivity index (χ3v) is 6.13. The molecule has 1 saturated heterocycles. The number of thiophene rings is 1. The Bertz CT molecular complexity index is 843. The molecular weight excluding hydrogens is 414 g/mol. The maximum Gasteiger partial charge on any atom is 0.409 e. The van der Waals surface area contributed by atoms with E-state index in [0.717, 1.165) is 23.4 Å². The van der Waals surface area contributed by atoms with Gasteiger partial charge in [0.15, 0.2) is 0 Å². The van der Waals surface area contributed by atoms with Crippen molar-refractivity contribution in [1.29, 1.82) is 0 Å². The molecule has 0 bridgehead atoms. The molecule has 29 heavy (non-hydrogen) atoms. The predicted molar refractivity (Wildman–Crippen MR) is 113 cm³/mol. The number of nitro groups is 1. The van der Waals surface area contributed by atoms with Gasteiger partial charge in [-0.3, -0.25) is 15.0 Å². The van der Waals surface area contributed by atoms with Crippen molar-refractivity contribution in [3.8, 4) is 0 Å². The fourth-order valence-corrected chi connectivity index (χ4v) is 4.52. The van der Waals surface area contributed by atoms with E-state index in [4.69, 9.17) is 16.3 Å². The van der Waals surface area contributed by atoms with Gasteiger partial charge in [-0.2, -0.15) is 0 Å². The Balaban J connectivity index is 1.67. The molecule has 7 nitrogen and oxygen atoms in total. The molecular formula is C20H24ClN3O4S. The van der Waals surface area contributed by atoms with Gasteiger partial charge in [0, 0.05) is 48.7 Å². The molecule has 0 unspecified atom stereocenters. The molecule has 2 aromatic rings. The van der Waals surface area contributed by atoms with Crippen molar-refractivity contribution in [2.45, 2.75) is 26.4 Å². The monoisotopic (exact) mass is 437 g/mol. The van der Waals surface area contributed by atoms with Crippen molar-refractivity contribution >= 4 is 34.0 Å². The Kier molecular flexibility index (Phi) is 7.46. The van der Waals surface area contributed by atoms with Gasteiger partial charge in [0.25, 0.3) is 0 Å². The third-order valence-electron chi connectivity index (χ3n) is 4.85. The minimum Gasteiger partial charge on any atom is -0.450 e. The average Bonchev–Trinajstić information content (AvgIpc) is 3.34. The summed E-state index contributed by atoms with van der Waals surface area (Å²) >= 11 is 7.20. The largest absolute Gasteiger partial charge is 0.450 e. The van der Waals surface area contributed by atoms with Crippen molar-refractivity contribution in [3.05, 3.63) is 62.0 Å². The molecule has 1 aliphatic heterocycles. The van der Waals surface area contributed by atoms with Crippen LogP contribution in [-0.2, 0) is 17.8 Å². The molecule has 0 spiro atoms. The number of benzene rings is 1. The zero-order valence-corrected chi connectivity index (χ0v) is 17.8. The van der Waals surface area contributed by atoms with Crippen LogP contribution in [0, 0.1) is 16.0 Å². The Labute approximate surface area is 179 Å². The first kappa shape index (κ1) is 21.5. The lowest BCUT2D eigenvalue weighted by atomic mass is 10.1. The molecule has 0 saturated carbocycles. The summed E-state index contributed by atoms with van der Waals surface area (Å²) in [5, 5.41) is 11.8. The maximum atomic E-state index is 12.0. The third kappa shape index (κ3) is 6.16. The molecule has 0 aliphatic carbocycles. The number of carbonyl (C=O) groups is 1. The lowest BCUT2D eigenvalue weighted by Gasteiger charge is -2.25. The molecule has 1 aliphatic rings. The Hall–Kier alpha value is -2.16. The van der Waals surface area contributed by atoms with Crippen LogP contribution < -0.4 is 0 Å². The van der Waals surface area contributed by atoms with E-state index in [1.165, 1.54) is 11.3 Å². The quantitative estimate of drug-likeness (QED) is 0.438. The average molecular weight is 438 g/mol. The maximum absolute atomic E-state index is 12.0. The summed E-state index contributed by atoms with van der Waals surface area (Å²) in [6.07, 6.45) is 0.661. The van der Waals surface area contributed by atoms with E-state index in [1.54, 1.807) is 17.9 Å². The van der Waals surface area contributed by atoms with Gasteiger partial charge >= 0.3 is 11.1 Å². The van der Waals surface area contributed by atoms with Gasteiger partial charge in [-0.1, -0.05) is 35.1 Å². The summed E-state index contributed by atoms with van der Waals surface area (Å²) in [5.74, 6) is 0.335. The molecule has 1 aromatic heterocycles. The number of carbonyl (C=O) groups excluding carboxylic acids is 1. The standard InChI is InChI=1S/C20H24ClN3O4S/c1-2-28-20(25)23-10-9-16(13-23)12-22(11-15-3-5-17(21)6-4-15)14-18-7-8-19(29-18)24(26)27/h3-8,16H,2,9-14H2,1H3/t16-/m1/s1. The summed E-state index contributed by atoms with van der Waals surface area (Å²) in [7, 11) is 0. The number of nitrogens with zero attached hydrogens (tertiary/aromatic N) is 3. The molecule has 156 valence electrons. The van der Waals surface area contributed by atoms with Crippen LogP contribution in [-0.4, -0.2) is 47.1 Å². The number of hydrogen-bond acceptors (Lipinski definition) is 6. The van der Waals surface area contributed by atoms with Crippen LogP contribution in [0.3, 0.4) is 0 Å². The van der Waals surface area contributed by atoms with Crippen molar-refractivity contribution in [1.82, 2.24) is 9.80 Å². The zero-order valence-electron chi connectivity index (χ0n) is 16.3.